The van der Waals surface area contributed by atoms with Crippen molar-refractivity contribution in [3.8, 4) is 0 Å². The lowest BCUT2D eigenvalue weighted by Gasteiger charge is -2.09. The number of carbonyl (C=O) groups is 1. The predicted octanol–water partition coefficient (Wildman–Crippen LogP) is 3.15. The molecular formula is C15H15F2N3O. The van der Waals surface area contributed by atoms with E-state index in [1.807, 2.05) is 6.92 Å². The highest BCUT2D eigenvalue weighted by Crippen LogP contribution is 2.19. The minimum absolute atomic E-state index is 0.195. The first-order valence-corrected chi connectivity index (χ1v) is 6.53. The van der Waals surface area contributed by atoms with Gasteiger partial charge in [0, 0.05) is 11.3 Å². The second-order valence-corrected chi connectivity index (χ2v) is 4.57. The number of nitrogen functional groups attached to an aromatic ring is 1. The Kier molecular flexibility index (Phi) is 4.47. The first-order valence-electron chi connectivity index (χ1n) is 6.53. The van der Waals surface area contributed by atoms with Crippen LogP contribution in [0.15, 0.2) is 30.3 Å². The molecule has 0 aliphatic heterocycles. The van der Waals surface area contributed by atoms with Gasteiger partial charge in [0.15, 0.2) is 0 Å². The van der Waals surface area contributed by atoms with Crippen LogP contribution < -0.4 is 11.1 Å². The van der Waals surface area contributed by atoms with Crippen molar-refractivity contribution in [3.63, 3.8) is 0 Å². The van der Waals surface area contributed by atoms with Crippen LogP contribution in [-0.2, 0) is 6.42 Å². The molecule has 0 aliphatic rings. The first kappa shape index (κ1) is 14.9. The molecule has 2 aromatic rings. The monoisotopic (exact) mass is 291 g/mol. The molecule has 0 fully saturated rings. The van der Waals surface area contributed by atoms with Gasteiger partial charge in [0.25, 0.3) is 5.91 Å². The third-order valence-electron chi connectivity index (χ3n) is 2.87. The molecule has 21 heavy (non-hydrogen) atoms. The van der Waals surface area contributed by atoms with Crippen LogP contribution in [0.4, 0.5) is 20.3 Å². The lowest BCUT2D eigenvalue weighted by atomic mass is 10.1. The largest absolute Gasteiger partial charge is 0.384 e. The number of amides is 1. The number of carbonyl (C=O) groups excluding carboxylic acids is 1. The number of aryl methyl sites for hydroxylation is 1. The predicted molar refractivity (Wildman–Crippen MR) is 77.0 cm³/mol. The van der Waals surface area contributed by atoms with E-state index >= 15 is 0 Å². The Morgan fingerprint density at radius 3 is 2.57 bits per heavy atom. The van der Waals surface area contributed by atoms with Gasteiger partial charge in [-0.1, -0.05) is 19.4 Å². The molecule has 0 bridgehead atoms. The topological polar surface area (TPSA) is 68.0 Å². The fourth-order valence-electron chi connectivity index (χ4n) is 1.93. The molecule has 4 nitrogen and oxygen atoms in total. The fraction of sp³-hybridized carbons (Fsp3) is 0.200. The van der Waals surface area contributed by atoms with Crippen molar-refractivity contribution in [2.75, 3.05) is 11.1 Å². The van der Waals surface area contributed by atoms with Gasteiger partial charge in [-0.3, -0.25) is 4.79 Å². The summed E-state index contributed by atoms with van der Waals surface area (Å²) in [5, 5.41) is 2.22. The average molecular weight is 291 g/mol. The van der Waals surface area contributed by atoms with Crippen LogP contribution in [0.1, 0.15) is 29.4 Å². The number of nitrogens with one attached hydrogen (secondary N) is 1. The molecule has 1 heterocycles. The molecule has 0 saturated heterocycles. The zero-order valence-electron chi connectivity index (χ0n) is 11.5. The van der Waals surface area contributed by atoms with E-state index in [0.717, 1.165) is 18.6 Å². The summed E-state index contributed by atoms with van der Waals surface area (Å²) in [5.74, 6) is -2.11. The highest BCUT2D eigenvalue weighted by atomic mass is 19.1. The van der Waals surface area contributed by atoms with E-state index in [4.69, 9.17) is 5.73 Å². The van der Waals surface area contributed by atoms with E-state index in [-0.39, 0.29) is 11.4 Å². The molecule has 6 heteroatoms. The van der Waals surface area contributed by atoms with E-state index < -0.39 is 23.2 Å². The summed E-state index contributed by atoms with van der Waals surface area (Å²) < 4.78 is 27.0. The van der Waals surface area contributed by atoms with Crippen LogP contribution in [0, 0.1) is 11.6 Å². The lowest BCUT2D eigenvalue weighted by Crippen LogP contribution is -2.15. The summed E-state index contributed by atoms with van der Waals surface area (Å²) in [7, 11) is 0. The summed E-state index contributed by atoms with van der Waals surface area (Å²) in [6.07, 6.45) is 1.51. The smallest absolute Gasteiger partial charge is 0.256 e. The molecule has 0 spiro atoms. The molecule has 0 radical (unpaired) electrons. The Balaban J connectivity index is 2.28. The molecule has 1 aromatic carbocycles. The number of hydrogen-bond acceptors (Lipinski definition) is 3. The molecule has 0 unspecified atom stereocenters. The Morgan fingerprint density at radius 2 is 1.95 bits per heavy atom. The number of pyridine rings is 1. The van der Waals surface area contributed by atoms with Crippen molar-refractivity contribution < 1.29 is 13.6 Å². The maximum Gasteiger partial charge on any atom is 0.256 e. The van der Waals surface area contributed by atoms with Crippen LogP contribution in [0.25, 0.3) is 0 Å². The standard InChI is InChI=1S/C15H15F2N3O/c1-2-4-10-7-9(8-13(18)19-10)15(21)20-14-11(16)5-3-6-12(14)17/h3,5-8H,2,4H2,1H3,(H2,18,19)(H,20,21). The summed E-state index contributed by atoms with van der Waals surface area (Å²) in [4.78, 5) is 16.2. The van der Waals surface area contributed by atoms with Crippen LogP contribution in [0.2, 0.25) is 0 Å². The highest BCUT2D eigenvalue weighted by molar-refractivity contribution is 6.04. The highest BCUT2D eigenvalue weighted by Gasteiger charge is 2.14. The second-order valence-electron chi connectivity index (χ2n) is 4.57. The van der Waals surface area contributed by atoms with E-state index in [0.29, 0.717) is 12.1 Å². The number of benzene rings is 1. The Labute approximate surface area is 121 Å². The molecular weight excluding hydrogens is 276 g/mol. The average Bonchev–Trinajstić information content (AvgIpc) is 2.42. The van der Waals surface area contributed by atoms with Gasteiger partial charge >= 0.3 is 0 Å². The minimum Gasteiger partial charge on any atom is -0.384 e. The van der Waals surface area contributed by atoms with E-state index in [1.54, 1.807) is 6.07 Å². The summed E-state index contributed by atoms with van der Waals surface area (Å²) >= 11 is 0. The summed E-state index contributed by atoms with van der Waals surface area (Å²) in [5.41, 5.74) is 6.04. The second kappa shape index (κ2) is 6.30. The van der Waals surface area contributed by atoms with Crippen LogP contribution >= 0.6 is 0 Å². The molecule has 0 atom stereocenters. The third kappa shape index (κ3) is 3.53. The van der Waals surface area contributed by atoms with E-state index in [9.17, 15) is 13.6 Å². The van der Waals surface area contributed by atoms with Gasteiger partial charge in [-0.25, -0.2) is 13.8 Å². The van der Waals surface area contributed by atoms with E-state index in [1.165, 1.54) is 12.1 Å². The zero-order chi connectivity index (χ0) is 15.4. The molecule has 1 amide bonds. The lowest BCUT2D eigenvalue weighted by molar-refractivity contribution is 0.102. The number of hydrogen-bond donors (Lipinski definition) is 2. The van der Waals surface area contributed by atoms with Crippen molar-refractivity contribution in [2.45, 2.75) is 19.8 Å². The number of nitrogens with zero attached hydrogens (tertiary/aromatic N) is 1. The number of para-hydroxylation sites is 1. The molecule has 0 saturated carbocycles. The molecule has 3 N–H and O–H groups in total. The van der Waals surface area contributed by atoms with Gasteiger partial charge in [0.1, 0.15) is 23.1 Å². The van der Waals surface area contributed by atoms with Gasteiger partial charge in [0.05, 0.1) is 0 Å². The van der Waals surface area contributed by atoms with Gasteiger partial charge < -0.3 is 11.1 Å². The number of anilines is 2. The Morgan fingerprint density at radius 1 is 1.29 bits per heavy atom. The van der Waals surface area contributed by atoms with Crippen molar-refractivity contribution >= 4 is 17.4 Å². The molecule has 1 aromatic heterocycles. The van der Waals surface area contributed by atoms with Crippen molar-refractivity contribution in [1.29, 1.82) is 0 Å². The molecule has 0 aliphatic carbocycles. The Hall–Kier alpha value is -2.50. The van der Waals surface area contributed by atoms with Gasteiger partial charge in [-0.15, -0.1) is 0 Å². The molecule has 110 valence electrons. The SMILES string of the molecule is CCCc1cc(C(=O)Nc2c(F)cccc2F)cc(N)n1. The van der Waals surface area contributed by atoms with Crippen LogP contribution in [0.3, 0.4) is 0 Å². The maximum absolute atomic E-state index is 13.5. The Bertz CT molecular complexity index is 654. The fourth-order valence-corrected chi connectivity index (χ4v) is 1.93. The number of rotatable bonds is 4. The van der Waals surface area contributed by atoms with Gasteiger partial charge in [-0.05, 0) is 30.7 Å². The maximum atomic E-state index is 13.5. The van der Waals surface area contributed by atoms with Crippen molar-refractivity contribution in [2.24, 2.45) is 0 Å². The summed E-state index contributed by atoms with van der Waals surface area (Å²) in [6, 6.07) is 6.30. The van der Waals surface area contributed by atoms with Crippen molar-refractivity contribution in [3.05, 3.63) is 53.2 Å². The minimum atomic E-state index is -0.834. The number of aromatic nitrogens is 1. The van der Waals surface area contributed by atoms with Crippen molar-refractivity contribution in [1.82, 2.24) is 4.98 Å². The van der Waals surface area contributed by atoms with Gasteiger partial charge in [-0.2, -0.15) is 0 Å². The quantitative estimate of drug-likeness (QED) is 0.909. The zero-order valence-corrected chi connectivity index (χ0v) is 11.5. The van der Waals surface area contributed by atoms with E-state index in [2.05, 4.69) is 10.3 Å². The van der Waals surface area contributed by atoms with Gasteiger partial charge in [0.2, 0.25) is 0 Å². The third-order valence-corrected chi connectivity index (χ3v) is 2.87. The molecule has 2 rings (SSSR count). The summed E-state index contributed by atoms with van der Waals surface area (Å²) in [6.45, 7) is 1.97. The normalized spacial score (nSPS) is 10.4. The number of halogens is 2. The number of nitrogens with two attached hydrogens (primary N) is 1. The van der Waals surface area contributed by atoms with Crippen LogP contribution in [-0.4, -0.2) is 10.9 Å². The van der Waals surface area contributed by atoms with Crippen LogP contribution in [0.5, 0.6) is 0 Å². The first-order chi connectivity index (χ1) is 10.0.